The fraction of sp³-hybridized carbons (Fsp3) is 0.429. The van der Waals surface area contributed by atoms with Crippen LogP contribution in [0.2, 0.25) is 0 Å². The first-order chi connectivity index (χ1) is 11.7. The van der Waals surface area contributed by atoms with Gasteiger partial charge in [0, 0.05) is 25.2 Å². The van der Waals surface area contributed by atoms with E-state index in [1.165, 1.54) is 0 Å². The Morgan fingerprint density at radius 2 is 2.08 bits per heavy atom. The number of carbonyl (C=O) groups excluding carboxylic acids is 1. The van der Waals surface area contributed by atoms with Crippen LogP contribution in [0.3, 0.4) is 0 Å². The number of piperidine rings is 1. The molecule has 1 heterocycles. The molecule has 0 saturated carbocycles. The van der Waals surface area contributed by atoms with Crippen molar-refractivity contribution in [2.45, 2.75) is 17.7 Å². The van der Waals surface area contributed by atoms with Crippen molar-refractivity contribution in [2.24, 2.45) is 5.92 Å². The van der Waals surface area contributed by atoms with E-state index in [2.05, 4.69) is 4.74 Å². The summed E-state index contributed by atoms with van der Waals surface area (Å²) in [6, 6.07) is 2.79. The van der Waals surface area contributed by atoms with Gasteiger partial charge in [-0.25, -0.2) is 13.2 Å². The molecule has 1 atom stereocenters. The lowest BCUT2D eigenvalue weighted by Gasteiger charge is -2.30. The third-order valence-corrected chi connectivity index (χ3v) is 5.84. The van der Waals surface area contributed by atoms with Crippen molar-refractivity contribution in [1.82, 2.24) is 4.31 Å². The van der Waals surface area contributed by atoms with E-state index in [-0.39, 0.29) is 18.7 Å². The Kier molecular flexibility index (Phi) is 5.38. The minimum Gasteiger partial charge on any atom is -0.481 e. The van der Waals surface area contributed by atoms with Crippen LogP contribution in [0.15, 0.2) is 23.1 Å². The summed E-state index contributed by atoms with van der Waals surface area (Å²) in [6.45, 7) is -0.198. The number of esters is 1. The van der Waals surface area contributed by atoms with Gasteiger partial charge in [-0.2, -0.15) is 4.31 Å². The van der Waals surface area contributed by atoms with Crippen LogP contribution in [-0.2, 0) is 19.6 Å². The monoisotopic (exact) mass is 372 g/mol. The van der Waals surface area contributed by atoms with Gasteiger partial charge in [0.1, 0.15) is 4.90 Å². The number of carboxylic acids is 1. The Balaban J connectivity index is 2.53. The van der Waals surface area contributed by atoms with Gasteiger partial charge >= 0.3 is 11.9 Å². The molecule has 1 fully saturated rings. The number of nitro groups is 1. The first-order valence-electron chi connectivity index (χ1n) is 7.28. The minimum absolute atomic E-state index is 0.0649. The molecule has 1 N–H and O–H groups in total. The summed E-state index contributed by atoms with van der Waals surface area (Å²) in [5.41, 5.74) is -0.844. The standard InChI is InChI=1S/C14H16N2O8S/c1-24-14(19)11-5-4-10(16(20)21)7-12(11)25(22,23)15-6-2-3-9(8-15)13(17)18/h4-5,7,9H,2-3,6,8H2,1H3,(H,17,18). The summed E-state index contributed by atoms with van der Waals surface area (Å²) in [7, 11) is -3.25. The fourth-order valence-corrected chi connectivity index (χ4v) is 4.34. The Hall–Kier alpha value is -2.53. The predicted molar refractivity (Wildman–Crippen MR) is 83.6 cm³/mol. The molecule has 0 radical (unpaired) electrons. The second-order valence-corrected chi connectivity index (χ2v) is 7.38. The molecule has 0 spiro atoms. The van der Waals surface area contributed by atoms with Gasteiger partial charge in [-0.15, -0.1) is 0 Å². The Labute approximate surface area is 143 Å². The summed E-state index contributed by atoms with van der Waals surface area (Å²) in [6.07, 6.45) is 0.666. The van der Waals surface area contributed by atoms with E-state index in [9.17, 15) is 28.1 Å². The van der Waals surface area contributed by atoms with Crippen LogP contribution in [0.4, 0.5) is 5.69 Å². The molecule has 1 aromatic rings. The van der Waals surface area contributed by atoms with Crippen molar-refractivity contribution in [3.63, 3.8) is 0 Å². The lowest BCUT2D eigenvalue weighted by atomic mass is 10.0. The van der Waals surface area contributed by atoms with Crippen molar-refractivity contribution >= 4 is 27.6 Å². The first-order valence-corrected chi connectivity index (χ1v) is 8.72. The predicted octanol–water partition coefficient (Wildman–Crippen LogP) is 0.867. The number of methoxy groups -OCH3 is 1. The largest absolute Gasteiger partial charge is 0.481 e. The lowest BCUT2D eigenvalue weighted by Crippen LogP contribution is -2.42. The average Bonchev–Trinajstić information content (AvgIpc) is 2.60. The molecule has 2 rings (SSSR count). The zero-order valence-corrected chi connectivity index (χ0v) is 14.1. The van der Waals surface area contributed by atoms with Crippen LogP contribution in [0.5, 0.6) is 0 Å². The Morgan fingerprint density at radius 1 is 1.40 bits per heavy atom. The third kappa shape index (κ3) is 3.77. The summed E-state index contributed by atoms with van der Waals surface area (Å²) in [5, 5.41) is 20.1. The zero-order chi connectivity index (χ0) is 18.8. The summed E-state index contributed by atoms with van der Waals surface area (Å²) < 4.78 is 31.2. The molecule has 0 amide bonds. The van der Waals surface area contributed by atoms with E-state index in [0.29, 0.717) is 12.8 Å². The molecule has 0 bridgehead atoms. The van der Waals surface area contributed by atoms with Gasteiger partial charge in [-0.05, 0) is 18.9 Å². The van der Waals surface area contributed by atoms with Crippen molar-refractivity contribution in [1.29, 1.82) is 0 Å². The second kappa shape index (κ2) is 7.15. The van der Waals surface area contributed by atoms with E-state index in [0.717, 1.165) is 29.6 Å². The number of non-ortho nitro benzene ring substituents is 1. The lowest BCUT2D eigenvalue weighted by molar-refractivity contribution is -0.385. The molecule has 0 aliphatic carbocycles. The summed E-state index contributed by atoms with van der Waals surface area (Å²) in [5.74, 6) is -2.95. The number of carboxylic acid groups (broad SMARTS) is 1. The quantitative estimate of drug-likeness (QED) is 0.455. The molecule has 11 heteroatoms. The third-order valence-electron chi connectivity index (χ3n) is 3.93. The van der Waals surface area contributed by atoms with Crippen LogP contribution in [-0.4, -0.2) is 54.9 Å². The van der Waals surface area contributed by atoms with Gasteiger partial charge in [0.05, 0.1) is 23.5 Å². The Bertz CT molecular complexity index is 820. The zero-order valence-electron chi connectivity index (χ0n) is 13.2. The number of nitro benzene ring substituents is 1. The van der Waals surface area contributed by atoms with Crippen molar-refractivity contribution in [3.05, 3.63) is 33.9 Å². The van der Waals surface area contributed by atoms with Gasteiger partial charge < -0.3 is 9.84 Å². The number of nitrogens with zero attached hydrogens (tertiary/aromatic N) is 2. The molecule has 136 valence electrons. The molecule has 1 aromatic carbocycles. The maximum absolute atomic E-state index is 12.9. The smallest absolute Gasteiger partial charge is 0.339 e. The molecule has 1 saturated heterocycles. The Morgan fingerprint density at radius 3 is 2.64 bits per heavy atom. The summed E-state index contributed by atoms with van der Waals surface area (Å²) in [4.78, 5) is 32.6. The van der Waals surface area contributed by atoms with Gasteiger partial charge in [0.15, 0.2) is 0 Å². The maximum atomic E-state index is 12.9. The topological polar surface area (TPSA) is 144 Å². The minimum atomic E-state index is -4.31. The molecule has 1 unspecified atom stereocenters. The van der Waals surface area contributed by atoms with Crippen LogP contribution >= 0.6 is 0 Å². The van der Waals surface area contributed by atoms with Crippen LogP contribution in [0, 0.1) is 16.0 Å². The number of ether oxygens (including phenoxy) is 1. The first kappa shape index (κ1) is 18.8. The van der Waals surface area contributed by atoms with Gasteiger partial charge in [-0.1, -0.05) is 0 Å². The SMILES string of the molecule is COC(=O)c1ccc([N+](=O)[O-])cc1S(=O)(=O)N1CCCC(C(=O)O)C1. The van der Waals surface area contributed by atoms with E-state index in [1.807, 2.05) is 0 Å². The van der Waals surface area contributed by atoms with Crippen LogP contribution in [0.25, 0.3) is 0 Å². The number of hydrogen-bond donors (Lipinski definition) is 1. The molecule has 0 aromatic heterocycles. The molecule has 25 heavy (non-hydrogen) atoms. The number of carbonyl (C=O) groups is 2. The molecular weight excluding hydrogens is 356 g/mol. The van der Waals surface area contributed by atoms with E-state index in [1.54, 1.807) is 0 Å². The average molecular weight is 372 g/mol. The van der Waals surface area contributed by atoms with Crippen LogP contribution < -0.4 is 0 Å². The van der Waals surface area contributed by atoms with Crippen molar-refractivity contribution in [2.75, 3.05) is 20.2 Å². The number of hydrogen-bond acceptors (Lipinski definition) is 7. The van der Waals surface area contributed by atoms with Gasteiger partial charge in [0.2, 0.25) is 10.0 Å². The van der Waals surface area contributed by atoms with Crippen molar-refractivity contribution < 1.29 is 32.8 Å². The number of sulfonamides is 1. The van der Waals surface area contributed by atoms with E-state index < -0.39 is 43.4 Å². The van der Waals surface area contributed by atoms with Gasteiger partial charge in [0.25, 0.3) is 5.69 Å². The summed E-state index contributed by atoms with van der Waals surface area (Å²) >= 11 is 0. The second-order valence-electron chi connectivity index (χ2n) is 5.47. The molecular formula is C14H16N2O8S. The molecule has 10 nitrogen and oxygen atoms in total. The highest BCUT2D eigenvalue weighted by molar-refractivity contribution is 7.89. The van der Waals surface area contributed by atoms with E-state index in [4.69, 9.17) is 5.11 Å². The maximum Gasteiger partial charge on any atom is 0.339 e. The number of aliphatic carboxylic acids is 1. The van der Waals surface area contributed by atoms with E-state index >= 15 is 0 Å². The highest BCUT2D eigenvalue weighted by Gasteiger charge is 2.36. The number of benzene rings is 1. The van der Waals surface area contributed by atoms with Gasteiger partial charge in [-0.3, -0.25) is 14.9 Å². The highest BCUT2D eigenvalue weighted by Crippen LogP contribution is 2.29. The molecule has 1 aliphatic heterocycles. The van der Waals surface area contributed by atoms with Crippen LogP contribution in [0.1, 0.15) is 23.2 Å². The number of rotatable bonds is 5. The van der Waals surface area contributed by atoms with Crippen molar-refractivity contribution in [3.8, 4) is 0 Å². The normalized spacial score (nSPS) is 18.5. The molecule has 1 aliphatic rings. The fourth-order valence-electron chi connectivity index (χ4n) is 2.62. The highest BCUT2D eigenvalue weighted by atomic mass is 32.2.